The Bertz CT molecular complexity index is 718. The third-order valence-electron chi connectivity index (χ3n) is 2.76. The summed E-state index contributed by atoms with van der Waals surface area (Å²) in [4.78, 5) is 12.0. The van der Waals surface area contributed by atoms with E-state index in [0.29, 0.717) is 16.9 Å². The third-order valence-corrected chi connectivity index (χ3v) is 3.49. The number of aromatic nitrogens is 1. The Morgan fingerprint density at radius 3 is 2.40 bits per heavy atom. The number of primary sulfonamides is 1. The summed E-state index contributed by atoms with van der Waals surface area (Å²) in [6.45, 7) is 0. The van der Waals surface area contributed by atoms with Crippen LogP contribution in [0.1, 0.15) is 16.1 Å². The van der Waals surface area contributed by atoms with Gasteiger partial charge in [0.2, 0.25) is 10.0 Å². The number of nitrogens with two attached hydrogens (primary N) is 1. The summed E-state index contributed by atoms with van der Waals surface area (Å²) in [6.07, 6.45) is 1.78. The molecule has 0 saturated heterocycles. The van der Waals surface area contributed by atoms with E-state index in [9.17, 15) is 13.2 Å². The standard InChI is InChI=1S/C13H15N3O3S/c1-16-8-2-3-12(16)13(17)15-11-6-4-10(5-7-11)9-20(14,18)19/h2-8H,9H2,1H3,(H,15,17)(H2,14,18,19). The lowest BCUT2D eigenvalue weighted by Gasteiger charge is -2.07. The number of hydrogen-bond acceptors (Lipinski definition) is 3. The van der Waals surface area contributed by atoms with Gasteiger partial charge in [0.1, 0.15) is 5.69 Å². The Balaban J connectivity index is 2.08. The molecule has 0 aliphatic rings. The van der Waals surface area contributed by atoms with Crippen LogP contribution >= 0.6 is 0 Å². The van der Waals surface area contributed by atoms with Crippen molar-refractivity contribution in [2.45, 2.75) is 5.75 Å². The number of benzene rings is 1. The summed E-state index contributed by atoms with van der Waals surface area (Å²) in [5.74, 6) is -0.448. The van der Waals surface area contributed by atoms with Gasteiger partial charge in [0.15, 0.2) is 0 Å². The van der Waals surface area contributed by atoms with Crippen LogP contribution in [0.25, 0.3) is 0 Å². The Morgan fingerprint density at radius 2 is 1.90 bits per heavy atom. The highest BCUT2D eigenvalue weighted by Crippen LogP contribution is 2.12. The van der Waals surface area contributed by atoms with Crippen molar-refractivity contribution in [3.8, 4) is 0 Å². The predicted molar refractivity (Wildman–Crippen MR) is 76.6 cm³/mol. The van der Waals surface area contributed by atoms with E-state index in [1.165, 1.54) is 0 Å². The van der Waals surface area contributed by atoms with Crippen molar-refractivity contribution >= 4 is 21.6 Å². The van der Waals surface area contributed by atoms with Gasteiger partial charge in [-0.3, -0.25) is 4.79 Å². The lowest BCUT2D eigenvalue weighted by Crippen LogP contribution is -2.16. The molecular weight excluding hydrogens is 278 g/mol. The molecule has 0 fully saturated rings. The van der Waals surface area contributed by atoms with E-state index in [1.54, 1.807) is 54.2 Å². The first-order chi connectivity index (χ1) is 9.35. The number of sulfonamides is 1. The van der Waals surface area contributed by atoms with E-state index in [2.05, 4.69) is 5.32 Å². The molecule has 1 heterocycles. The molecule has 0 atom stereocenters. The summed E-state index contributed by atoms with van der Waals surface area (Å²) in [5, 5.41) is 7.70. The van der Waals surface area contributed by atoms with Crippen molar-refractivity contribution in [1.82, 2.24) is 4.57 Å². The van der Waals surface area contributed by atoms with E-state index in [1.807, 2.05) is 0 Å². The summed E-state index contributed by atoms with van der Waals surface area (Å²) < 4.78 is 23.6. The Kier molecular flexibility index (Phi) is 3.91. The second kappa shape index (κ2) is 5.48. The predicted octanol–water partition coefficient (Wildman–Crippen LogP) is 1.07. The average Bonchev–Trinajstić information content (AvgIpc) is 2.76. The van der Waals surface area contributed by atoms with Crippen LogP contribution in [0.5, 0.6) is 0 Å². The fourth-order valence-electron chi connectivity index (χ4n) is 1.81. The summed E-state index contributed by atoms with van der Waals surface area (Å²) in [5.41, 5.74) is 1.71. The van der Waals surface area contributed by atoms with E-state index in [0.717, 1.165) is 0 Å². The van der Waals surface area contributed by atoms with Crippen LogP contribution in [0.3, 0.4) is 0 Å². The summed E-state index contributed by atoms with van der Waals surface area (Å²) >= 11 is 0. The molecule has 0 bridgehead atoms. The van der Waals surface area contributed by atoms with Gasteiger partial charge >= 0.3 is 0 Å². The number of amides is 1. The van der Waals surface area contributed by atoms with Gasteiger partial charge in [-0.05, 0) is 29.8 Å². The molecule has 0 radical (unpaired) electrons. The van der Waals surface area contributed by atoms with E-state index < -0.39 is 10.0 Å². The molecule has 2 rings (SSSR count). The summed E-state index contributed by atoms with van der Waals surface area (Å²) in [6, 6.07) is 10.0. The average molecular weight is 293 g/mol. The number of carbonyl (C=O) groups excluding carboxylic acids is 1. The van der Waals surface area contributed by atoms with Crippen LogP contribution in [0.15, 0.2) is 42.6 Å². The van der Waals surface area contributed by atoms with Gasteiger partial charge in [-0.15, -0.1) is 0 Å². The van der Waals surface area contributed by atoms with Gasteiger partial charge in [0, 0.05) is 18.9 Å². The Morgan fingerprint density at radius 1 is 1.25 bits per heavy atom. The molecule has 0 aliphatic heterocycles. The number of aryl methyl sites for hydroxylation is 1. The van der Waals surface area contributed by atoms with Crippen molar-refractivity contribution in [3.05, 3.63) is 53.9 Å². The fourth-order valence-corrected chi connectivity index (χ4v) is 2.47. The molecule has 1 amide bonds. The second-order valence-corrected chi connectivity index (χ2v) is 6.08. The van der Waals surface area contributed by atoms with E-state index >= 15 is 0 Å². The topological polar surface area (TPSA) is 94.2 Å². The minimum absolute atomic E-state index is 0.223. The van der Waals surface area contributed by atoms with E-state index in [4.69, 9.17) is 5.14 Å². The highest BCUT2D eigenvalue weighted by Gasteiger charge is 2.09. The lowest BCUT2D eigenvalue weighted by atomic mass is 10.2. The number of anilines is 1. The molecule has 106 valence electrons. The van der Waals surface area contributed by atoms with Gasteiger partial charge in [0.25, 0.3) is 5.91 Å². The van der Waals surface area contributed by atoms with Crippen molar-refractivity contribution < 1.29 is 13.2 Å². The first-order valence-electron chi connectivity index (χ1n) is 5.87. The largest absolute Gasteiger partial charge is 0.347 e. The molecule has 20 heavy (non-hydrogen) atoms. The first-order valence-corrected chi connectivity index (χ1v) is 7.59. The highest BCUT2D eigenvalue weighted by molar-refractivity contribution is 7.88. The van der Waals surface area contributed by atoms with Crippen LogP contribution in [0.2, 0.25) is 0 Å². The zero-order valence-corrected chi connectivity index (χ0v) is 11.7. The van der Waals surface area contributed by atoms with Gasteiger partial charge in [-0.2, -0.15) is 0 Å². The molecule has 2 aromatic rings. The molecular formula is C13H15N3O3S. The Hall–Kier alpha value is -2.12. The van der Waals surface area contributed by atoms with Crippen LogP contribution < -0.4 is 10.5 Å². The number of nitrogens with zero attached hydrogens (tertiary/aromatic N) is 1. The minimum Gasteiger partial charge on any atom is -0.347 e. The molecule has 0 spiro atoms. The van der Waals surface area contributed by atoms with Crippen LogP contribution in [-0.4, -0.2) is 18.9 Å². The van der Waals surface area contributed by atoms with Crippen molar-refractivity contribution in [3.63, 3.8) is 0 Å². The van der Waals surface area contributed by atoms with Crippen LogP contribution in [0.4, 0.5) is 5.69 Å². The van der Waals surface area contributed by atoms with E-state index in [-0.39, 0.29) is 11.7 Å². The second-order valence-electron chi connectivity index (χ2n) is 4.46. The number of carbonyl (C=O) groups is 1. The van der Waals surface area contributed by atoms with Gasteiger partial charge in [-0.25, -0.2) is 13.6 Å². The Labute approximate surface area is 117 Å². The third kappa shape index (κ3) is 3.69. The number of hydrogen-bond donors (Lipinski definition) is 2. The van der Waals surface area contributed by atoms with Crippen molar-refractivity contribution in [2.75, 3.05) is 5.32 Å². The van der Waals surface area contributed by atoms with Gasteiger partial charge in [-0.1, -0.05) is 12.1 Å². The number of rotatable bonds is 4. The smallest absolute Gasteiger partial charge is 0.272 e. The van der Waals surface area contributed by atoms with Crippen LogP contribution in [0, 0.1) is 0 Å². The lowest BCUT2D eigenvalue weighted by molar-refractivity contribution is 0.101. The van der Waals surface area contributed by atoms with Gasteiger partial charge < -0.3 is 9.88 Å². The minimum atomic E-state index is -3.54. The molecule has 6 nitrogen and oxygen atoms in total. The van der Waals surface area contributed by atoms with Crippen molar-refractivity contribution in [1.29, 1.82) is 0 Å². The normalized spacial score (nSPS) is 11.3. The molecule has 1 aromatic heterocycles. The van der Waals surface area contributed by atoms with Crippen LogP contribution in [-0.2, 0) is 22.8 Å². The molecule has 1 aromatic carbocycles. The summed E-state index contributed by atoms with van der Waals surface area (Å²) in [7, 11) is -1.76. The molecule has 0 aliphatic carbocycles. The molecule has 0 unspecified atom stereocenters. The maximum atomic E-state index is 12.0. The highest BCUT2D eigenvalue weighted by atomic mass is 32.2. The monoisotopic (exact) mass is 293 g/mol. The molecule has 7 heteroatoms. The molecule has 0 saturated carbocycles. The maximum absolute atomic E-state index is 12.0. The maximum Gasteiger partial charge on any atom is 0.272 e. The van der Waals surface area contributed by atoms with Gasteiger partial charge in [0.05, 0.1) is 5.75 Å². The zero-order chi connectivity index (χ0) is 14.8. The number of nitrogens with one attached hydrogen (secondary N) is 1. The van der Waals surface area contributed by atoms with Crippen molar-refractivity contribution in [2.24, 2.45) is 12.2 Å². The SMILES string of the molecule is Cn1cccc1C(=O)Nc1ccc(CS(N)(=O)=O)cc1. The molecule has 3 N–H and O–H groups in total. The fraction of sp³-hybridized carbons (Fsp3) is 0.154. The zero-order valence-electron chi connectivity index (χ0n) is 10.9. The first kappa shape index (κ1) is 14.3. The quantitative estimate of drug-likeness (QED) is 0.882.